The largest absolute Gasteiger partial charge is 0.466 e. The van der Waals surface area contributed by atoms with Gasteiger partial charge in [-0.1, -0.05) is 31.5 Å². The van der Waals surface area contributed by atoms with Gasteiger partial charge < -0.3 is 4.74 Å². The topological polar surface area (TPSA) is 43.4 Å². The third kappa shape index (κ3) is 9.79. The Morgan fingerprint density at radius 2 is 1.93 bits per heavy atom. The second-order valence-corrected chi connectivity index (χ2v) is 4.98. The van der Waals surface area contributed by atoms with Crippen LogP contribution < -0.4 is 0 Å². The number of hydrogen-bond donors (Lipinski definition) is 0. The van der Waals surface area contributed by atoms with Crippen molar-refractivity contribution in [1.82, 2.24) is 0 Å². The fourth-order valence-corrected chi connectivity index (χ4v) is 2.23. The van der Waals surface area contributed by atoms with Gasteiger partial charge in [-0.15, -0.1) is 0 Å². The molecule has 0 spiro atoms. The number of rotatable bonds is 7. The predicted octanol–water partition coefficient (Wildman–Crippen LogP) is 2.78. The smallest absolute Gasteiger partial charge is 0.302 e. The van der Waals surface area contributed by atoms with E-state index in [0.29, 0.717) is 11.9 Å². The van der Waals surface area contributed by atoms with E-state index in [1.807, 2.05) is 0 Å². The van der Waals surface area contributed by atoms with E-state index in [4.69, 9.17) is 4.74 Å². The van der Waals surface area contributed by atoms with Crippen LogP contribution in [0.1, 0.15) is 46.5 Å². The van der Waals surface area contributed by atoms with E-state index in [0.717, 1.165) is 25.7 Å². The molecule has 0 aliphatic carbocycles. The van der Waals surface area contributed by atoms with Crippen LogP contribution in [0.15, 0.2) is 0 Å². The van der Waals surface area contributed by atoms with Crippen molar-refractivity contribution in [2.45, 2.75) is 51.7 Å². The number of carbonyl (C=O) groups is 2. The molecule has 0 fully saturated rings. The van der Waals surface area contributed by atoms with Crippen LogP contribution in [-0.4, -0.2) is 22.9 Å². The van der Waals surface area contributed by atoms with Gasteiger partial charge in [0, 0.05) is 19.1 Å². The lowest BCUT2D eigenvalue weighted by Gasteiger charge is -2.13. The van der Waals surface area contributed by atoms with Crippen molar-refractivity contribution in [2.75, 3.05) is 6.61 Å². The van der Waals surface area contributed by atoms with Crippen LogP contribution in [0.3, 0.4) is 0 Å². The molecule has 0 aromatic carbocycles. The summed E-state index contributed by atoms with van der Waals surface area (Å²) < 4.78 is 4.87. The molecule has 0 saturated heterocycles. The van der Waals surface area contributed by atoms with Crippen molar-refractivity contribution in [2.24, 2.45) is 0 Å². The Kier molecular flexibility index (Phi) is 8.47. The van der Waals surface area contributed by atoms with E-state index in [2.05, 4.69) is 6.92 Å². The maximum Gasteiger partial charge on any atom is 0.302 e. The Bertz CT molecular complexity index is 204. The first kappa shape index (κ1) is 14.5. The lowest BCUT2D eigenvalue weighted by atomic mass is 10.1. The molecule has 0 aliphatic heterocycles. The number of unbranched alkanes of at least 4 members (excludes halogenated alkanes) is 1. The highest BCUT2D eigenvalue weighted by atomic mass is 32.2. The van der Waals surface area contributed by atoms with Gasteiger partial charge in [0.1, 0.15) is 0 Å². The molecular weight excluding hydrogens is 212 g/mol. The predicted molar refractivity (Wildman–Crippen MR) is 62.8 cm³/mol. The van der Waals surface area contributed by atoms with Crippen LogP contribution in [0, 0.1) is 0 Å². The van der Waals surface area contributed by atoms with Crippen LogP contribution in [-0.2, 0) is 14.3 Å². The average molecular weight is 232 g/mol. The van der Waals surface area contributed by atoms with Crippen LogP contribution in [0.5, 0.6) is 0 Å². The molecular formula is C11H20O3S. The van der Waals surface area contributed by atoms with Gasteiger partial charge >= 0.3 is 5.97 Å². The summed E-state index contributed by atoms with van der Waals surface area (Å²) in [5.74, 6) is -0.253. The van der Waals surface area contributed by atoms with Crippen molar-refractivity contribution in [1.29, 1.82) is 0 Å². The summed E-state index contributed by atoms with van der Waals surface area (Å²) in [4.78, 5) is 21.5. The minimum atomic E-state index is -0.253. The zero-order valence-electron chi connectivity index (χ0n) is 9.75. The molecule has 0 aliphatic rings. The Hall–Kier alpha value is -0.510. The summed E-state index contributed by atoms with van der Waals surface area (Å²) in [7, 11) is 0. The van der Waals surface area contributed by atoms with Crippen molar-refractivity contribution in [3.63, 3.8) is 0 Å². The molecule has 0 saturated carbocycles. The van der Waals surface area contributed by atoms with E-state index >= 15 is 0 Å². The van der Waals surface area contributed by atoms with Gasteiger partial charge in [0.05, 0.1) is 6.61 Å². The fraction of sp³-hybridized carbons (Fsp3) is 0.818. The molecule has 1 atom stereocenters. The summed E-state index contributed by atoms with van der Waals surface area (Å²) in [6.45, 7) is 5.53. The molecule has 0 amide bonds. The van der Waals surface area contributed by atoms with Crippen LogP contribution in [0.25, 0.3) is 0 Å². The lowest BCUT2D eigenvalue weighted by Crippen LogP contribution is -2.11. The van der Waals surface area contributed by atoms with Gasteiger partial charge in [0.25, 0.3) is 0 Å². The first-order valence-corrected chi connectivity index (χ1v) is 6.24. The van der Waals surface area contributed by atoms with Gasteiger partial charge in [0.2, 0.25) is 0 Å². The van der Waals surface area contributed by atoms with E-state index in [-0.39, 0.29) is 11.1 Å². The molecule has 0 unspecified atom stereocenters. The number of esters is 1. The SMILES string of the molecule is CCCC[C@H](CCOC(C)=O)SC(C)=O. The molecule has 0 N–H and O–H groups in total. The van der Waals surface area contributed by atoms with Gasteiger partial charge in [-0.3, -0.25) is 9.59 Å². The highest BCUT2D eigenvalue weighted by Gasteiger charge is 2.12. The highest BCUT2D eigenvalue weighted by molar-refractivity contribution is 8.14. The Balaban J connectivity index is 3.78. The number of carbonyl (C=O) groups excluding carboxylic acids is 2. The third-order valence-electron chi connectivity index (χ3n) is 1.96. The molecule has 4 heteroatoms. The molecule has 15 heavy (non-hydrogen) atoms. The third-order valence-corrected chi connectivity index (χ3v) is 3.09. The second-order valence-electron chi connectivity index (χ2n) is 3.50. The van der Waals surface area contributed by atoms with Gasteiger partial charge in [-0.2, -0.15) is 0 Å². The van der Waals surface area contributed by atoms with E-state index in [1.54, 1.807) is 6.92 Å². The van der Waals surface area contributed by atoms with Crippen LogP contribution >= 0.6 is 11.8 Å². The molecule has 0 radical (unpaired) electrons. The van der Waals surface area contributed by atoms with E-state index in [1.165, 1.54) is 18.7 Å². The summed E-state index contributed by atoms with van der Waals surface area (Å²) in [6, 6.07) is 0. The maximum absolute atomic E-state index is 11.0. The summed E-state index contributed by atoms with van der Waals surface area (Å²) >= 11 is 1.36. The number of thioether (sulfide) groups is 1. The average Bonchev–Trinajstić information content (AvgIpc) is 2.12. The Morgan fingerprint density at radius 3 is 2.40 bits per heavy atom. The number of hydrogen-bond acceptors (Lipinski definition) is 4. The first-order chi connectivity index (χ1) is 7.06. The summed E-state index contributed by atoms with van der Waals surface area (Å²) in [6.07, 6.45) is 4.03. The van der Waals surface area contributed by atoms with E-state index in [9.17, 15) is 9.59 Å². The first-order valence-electron chi connectivity index (χ1n) is 5.36. The molecule has 0 bridgehead atoms. The van der Waals surface area contributed by atoms with Gasteiger partial charge in [-0.05, 0) is 12.8 Å². The zero-order valence-corrected chi connectivity index (χ0v) is 10.6. The molecule has 0 heterocycles. The van der Waals surface area contributed by atoms with Crippen molar-refractivity contribution < 1.29 is 14.3 Å². The maximum atomic E-state index is 11.0. The molecule has 3 nitrogen and oxygen atoms in total. The normalized spacial score (nSPS) is 12.2. The molecule has 0 rings (SSSR count). The Morgan fingerprint density at radius 1 is 1.27 bits per heavy atom. The summed E-state index contributed by atoms with van der Waals surface area (Å²) in [5, 5.41) is 0.431. The number of ether oxygens (including phenoxy) is 1. The molecule has 88 valence electrons. The molecule has 0 aromatic rings. The van der Waals surface area contributed by atoms with Crippen LogP contribution in [0.2, 0.25) is 0 Å². The summed E-state index contributed by atoms with van der Waals surface area (Å²) in [5.41, 5.74) is 0. The second kappa shape index (κ2) is 8.77. The Labute approximate surface area is 95.9 Å². The standard InChI is InChI=1S/C11H20O3S/c1-4-5-6-11(15-10(3)13)7-8-14-9(2)12/h11H,4-8H2,1-3H3/t11-/m1/s1. The monoisotopic (exact) mass is 232 g/mol. The van der Waals surface area contributed by atoms with Crippen molar-refractivity contribution in [3.05, 3.63) is 0 Å². The minimum Gasteiger partial charge on any atom is -0.466 e. The van der Waals surface area contributed by atoms with Crippen molar-refractivity contribution >= 4 is 22.8 Å². The van der Waals surface area contributed by atoms with Gasteiger partial charge in [0.15, 0.2) is 5.12 Å². The van der Waals surface area contributed by atoms with Gasteiger partial charge in [-0.25, -0.2) is 0 Å². The van der Waals surface area contributed by atoms with Crippen molar-refractivity contribution in [3.8, 4) is 0 Å². The molecule has 0 aromatic heterocycles. The fourth-order valence-electron chi connectivity index (χ4n) is 1.26. The zero-order chi connectivity index (χ0) is 11.7. The van der Waals surface area contributed by atoms with Crippen LogP contribution in [0.4, 0.5) is 0 Å². The highest BCUT2D eigenvalue weighted by Crippen LogP contribution is 2.21. The van der Waals surface area contributed by atoms with E-state index < -0.39 is 0 Å². The minimum absolute atomic E-state index is 0.138. The quantitative estimate of drug-likeness (QED) is 0.633. The lowest BCUT2D eigenvalue weighted by molar-refractivity contribution is -0.141.